The Kier molecular flexibility index (Phi) is 5.21. The molecule has 19 heavy (non-hydrogen) atoms. The molecular formula is C14H11BrINO2. The second-order valence-corrected chi connectivity index (χ2v) is 5.76. The fourth-order valence-electron chi connectivity index (χ4n) is 1.45. The van der Waals surface area contributed by atoms with E-state index in [1.165, 1.54) is 0 Å². The SMILES string of the molecule is O=C(COc1ccccc1I)Nc1ccccc1Br. The van der Waals surface area contributed by atoms with Gasteiger partial charge in [0.05, 0.1) is 9.26 Å². The van der Waals surface area contributed by atoms with Crippen LogP contribution in [-0.2, 0) is 4.79 Å². The number of carbonyl (C=O) groups excluding carboxylic acids is 1. The average molecular weight is 432 g/mol. The monoisotopic (exact) mass is 431 g/mol. The van der Waals surface area contributed by atoms with Crippen molar-refractivity contribution in [1.29, 1.82) is 0 Å². The first-order valence-electron chi connectivity index (χ1n) is 5.58. The number of benzene rings is 2. The largest absolute Gasteiger partial charge is 0.483 e. The standard InChI is InChI=1S/C14H11BrINO2/c15-10-5-1-3-7-12(10)17-14(18)9-19-13-8-4-2-6-11(13)16/h1-8H,9H2,(H,17,18). The Balaban J connectivity index is 1.92. The predicted octanol–water partition coefficient (Wildman–Crippen LogP) is 4.07. The number of para-hydroxylation sites is 2. The van der Waals surface area contributed by atoms with Crippen LogP contribution in [0.15, 0.2) is 53.0 Å². The van der Waals surface area contributed by atoms with Crippen molar-refractivity contribution in [2.24, 2.45) is 0 Å². The van der Waals surface area contributed by atoms with E-state index in [4.69, 9.17) is 4.74 Å². The zero-order chi connectivity index (χ0) is 13.7. The molecule has 0 unspecified atom stereocenters. The number of carbonyl (C=O) groups is 1. The van der Waals surface area contributed by atoms with Crippen LogP contribution in [-0.4, -0.2) is 12.5 Å². The maximum Gasteiger partial charge on any atom is 0.262 e. The van der Waals surface area contributed by atoms with Gasteiger partial charge >= 0.3 is 0 Å². The Labute approximate surface area is 133 Å². The maximum absolute atomic E-state index is 11.8. The third-order valence-electron chi connectivity index (χ3n) is 2.34. The molecule has 0 saturated heterocycles. The summed E-state index contributed by atoms with van der Waals surface area (Å²) in [5.74, 6) is 0.525. The van der Waals surface area contributed by atoms with E-state index in [9.17, 15) is 4.79 Å². The van der Waals surface area contributed by atoms with Gasteiger partial charge in [-0.25, -0.2) is 0 Å². The summed E-state index contributed by atoms with van der Waals surface area (Å²) in [7, 11) is 0. The van der Waals surface area contributed by atoms with Gasteiger partial charge in [-0.15, -0.1) is 0 Å². The maximum atomic E-state index is 11.8. The summed E-state index contributed by atoms with van der Waals surface area (Å²) in [6.07, 6.45) is 0. The second-order valence-electron chi connectivity index (χ2n) is 3.75. The van der Waals surface area contributed by atoms with Gasteiger partial charge in [-0.05, 0) is 62.8 Å². The van der Waals surface area contributed by atoms with Crippen molar-refractivity contribution in [3.8, 4) is 5.75 Å². The quantitative estimate of drug-likeness (QED) is 0.741. The molecule has 0 aliphatic heterocycles. The Morgan fingerprint density at radius 1 is 1.16 bits per heavy atom. The van der Waals surface area contributed by atoms with Gasteiger partial charge in [-0.1, -0.05) is 24.3 Å². The Morgan fingerprint density at radius 3 is 2.58 bits per heavy atom. The Hall–Kier alpha value is -1.08. The molecule has 2 aromatic carbocycles. The van der Waals surface area contributed by atoms with E-state index < -0.39 is 0 Å². The summed E-state index contributed by atoms with van der Waals surface area (Å²) in [4.78, 5) is 11.8. The molecule has 5 heteroatoms. The van der Waals surface area contributed by atoms with Gasteiger partial charge in [-0.3, -0.25) is 4.79 Å². The first kappa shape index (κ1) is 14.3. The molecule has 1 N–H and O–H groups in total. The fourth-order valence-corrected chi connectivity index (χ4v) is 2.38. The fraction of sp³-hybridized carbons (Fsp3) is 0.0714. The van der Waals surface area contributed by atoms with Crippen molar-refractivity contribution in [3.05, 3.63) is 56.6 Å². The van der Waals surface area contributed by atoms with Gasteiger partial charge in [0.2, 0.25) is 0 Å². The summed E-state index contributed by atoms with van der Waals surface area (Å²) in [5.41, 5.74) is 0.735. The molecule has 2 rings (SSSR count). The number of amides is 1. The van der Waals surface area contributed by atoms with Gasteiger partial charge in [0, 0.05) is 4.47 Å². The van der Waals surface area contributed by atoms with E-state index in [1.807, 2.05) is 48.5 Å². The topological polar surface area (TPSA) is 38.3 Å². The molecule has 0 fully saturated rings. The van der Waals surface area contributed by atoms with Crippen molar-refractivity contribution in [3.63, 3.8) is 0 Å². The van der Waals surface area contributed by atoms with Crippen LogP contribution in [0.5, 0.6) is 5.75 Å². The minimum atomic E-state index is -0.188. The molecule has 0 atom stereocenters. The lowest BCUT2D eigenvalue weighted by atomic mass is 10.3. The number of nitrogens with one attached hydrogen (secondary N) is 1. The number of anilines is 1. The Morgan fingerprint density at radius 2 is 1.84 bits per heavy atom. The predicted molar refractivity (Wildman–Crippen MR) is 87.4 cm³/mol. The summed E-state index contributed by atoms with van der Waals surface area (Å²) in [5, 5.41) is 2.79. The molecule has 0 aliphatic carbocycles. The van der Waals surface area contributed by atoms with Gasteiger partial charge in [0.1, 0.15) is 5.75 Å². The van der Waals surface area contributed by atoms with Crippen LogP contribution in [0.1, 0.15) is 0 Å². The summed E-state index contributed by atoms with van der Waals surface area (Å²) in [6, 6.07) is 15.0. The van der Waals surface area contributed by atoms with E-state index in [1.54, 1.807) is 0 Å². The van der Waals surface area contributed by atoms with E-state index in [0.29, 0.717) is 5.75 Å². The third kappa shape index (κ3) is 4.21. The molecule has 0 aliphatic rings. The molecule has 98 valence electrons. The number of hydrogen-bond acceptors (Lipinski definition) is 2. The van der Waals surface area contributed by atoms with Crippen LogP contribution in [0.2, 0.25) is 0 Å². The summed E-state index contributed by atoms with van der Waals surface area (Å²) < 4.78 is 7.30. The molecule has 0 saturated carbocycles. The van der Waals surface area contributed by atoms with Crippen molar-refractivity contribution in [2.75, 3.05) is 11.9 Å². The van der Waals surface area contributed by atoms with E-state index in [0.717, 1.165) is 13.7 Å². The molecule has 2 aromatic rings. The first-order chi connectivity index (χ1) is 9.16. The lowest BCUT2D eigenvalue weighted by Crippen LogP contribution is -2.20. The van der Waals surface area contributed by atoms with Crippen LogP contribution in [0.3, 0.4) is 0 Å². The molecule has 0 spiro atoms. The van der Waals surface area contributed by atoms with E-state index in [2.05, 4.69) is 43.8 Å². The van der Waals surface area contributed by atoms with Crippen molar-refractivity contribution in [2.45, 2.75) is 0 Å². The second kappa shape index (κ2) is 6.91. The molecule has 0 bridgehead atoms. The highest BCUT2D eigenvalue weighted by Gasteiger charge is 2.07. The van der Waals surface area contributed by atoms with E-state index in [-0.39, 0.29) is 12.5 Å². The first-order valence-corrected chi connectivity index (χ1v) is 7.45. The van der Waals surface area contributed by atoms with Crippen LogP contribution >= 0.6 is 38.5 Å². The highest BCUT2D eigenvalue weighted by atomic mass is 127. The minimum absolute atomic E-state index is 0.0126. The van der Waals surface area contributed by atoms with E-state index >= 15 is 0 Å². The molecule has 0 radical (unpaired) electrons. The number of rotatable bonds is 4. The minimum Gasteiger partial charge on any atom is -0.483 e. The molecule has 0 heterocycles. The lowest BCUT2D eigenvalue weighted by Gasteiger charge is -2.09. The zero-order valence-electron chi connectivity index (χ0n) is 9.90. The summed E-state index contributed by atoms with van der Waals surface area (Å²) >= 11 is 5.55. The van der Waals surface area contributed by atoms with Crippen molar-refractivity contribution >= 4 is 50.1 Å². The molecule has 1 amide bonds. The average Bonchev–Trinajstić information content (AvgIpc) is 2.40. The van der Waals surface area contributed by atoms with Crippen LogP contribution in [0, 0.1) is 3.57 Å². The highest BCUT2D eigenvalue weighted by Crippen LogP contribution is 2.22. The lowest BCUT2D eigenvalue weighted by molar-refractivity contribution is -0.118. The van der Waals surface area contributed by atoms with Crippen molar-refractivity contribution < 1.29 is 9.53 Å². The van der Waals surface area contributed by atoms with Gasteiger partial charge < -0.3 is 10.1 Å². The van der Waals surface area contributed by atoms with Gasteiger partial charge in [0.15, 0.2) is 6.61 Å². The Bertz CT molecular complexity index is 589. The molecule has 3 nitrogen and oxygen atoms in total. The third-order valence-corrected chi connectivity index (χ3v) is 3.93. The number of ether oxygens (including phenoxy) is 1. The summed E-state index contributed by atoms with van der Waals surface area (Å²) in [6.45, 7) is -0.0126. The smallest absolute Gasteiger partial charge is 0.262 e. The zero-order valence-corrected chi connectivity index (χ0v) is 13.6. The van der Waals surface area contributed by atoms with Gasteiger partial charge in [-0.2, -0.15) is 0 Å². The normalized spacial score (nSPS) is 10.0. The highest BCUT2D eigenvalue weighted by molar-refractivity contribution is 14.1. The number of halogens is 2. The van der Waals surface area contributed by atoms with Crippen LogP contribution < -0.4 is 10.1 Å². The number of hydrogen-bond donors (Lipinski definition) is 1. The van der Waals surface area contributed by atoms with Crippen molar-refractivity contribution in [1.82, 2.24) is 0 Å². The van der Waals surface area contributed by atoms with Crippen LogP contribution in [0.4, 0.5) is 5.69 Å². The van der Waals surface area contributed by atoms with Crippen LogP contribution in [0.25, 0.3) is 0 Å². The van der Waals surface area contributed by atoms with Gasteiger partial charge in [0.25, 0.3) is 5.91 Å². The molecule has 0 aromatic heterocycles. The molecular weight excluding hydrogens is 421 g/mol.